The third-order valence-electron chi connectivity index (χ3n) is 5.37. The van der Waals surface area contributed by atoms with Crippen LogP contribution in [0.15, 0.2) is 24.3 Å². The van der Waals surface area contributed by atoms with E-state index in [1.165, 1.54) is 11.3 Å². The summed E-state index contributed by atoms with van der Waals surface area (Å²) >= 11 is 12.8. The Morgan fingerprint density at radius 2 is 1.85 bits per heavy atom. The van der Waals surface area contributed by atoms with Crippen molar-refractivity contribution in [3.05, 3.63) is 51.0 Å². The van der Waals surface area contributed by atoms with E-state index >= 15 is 0 Å². The number of carbonyl (C=O) groups is 2. The molecule has 10 heteroatoms. The summed E-state index contributed by atoms with van der Waals surface area (Å²) in [5.74, 6) is -0.785. The van der Waals surface area contributed by atoms with Gasteiger partial charge in [-0.15, -0.1) is 11.3 Å². The second-order valence-corrected chi connectivity index (χ2v) is 9.66. The molecule has 0 saturated carbocycles. The van der Waals surface area contributed by atoms with Crippen LogP contribution in [0.2, 0.25) is 5.02 Å². The Labute approximate surface area is 206 Å². The van der Waals surface area contributed by atoms with Crippen molar-refractivity contribution in [2.24, 2.45) is 0 Å². The summed E-state index contributed by atoms with van der Waals surface area (Å²) in [5.41, 5.74) is 3.64. The van der Waals surface area contributed by atoms with Gasteiger partial charge in [0.1, 0.15) is 9.71 Å². The Balaban J connectivity index is 1.71. The lowest BCUT2D eigenvalue weighted by molar-refractivity contribution is -0.111. The number of morpholine rings is 1. The number of carbonyl (C=O) groups excluding carboxylic acids is 2. The summed E-state index contributed by atoms with van der Waals surface area (Å²) in [6.45, 7) is 7.86. The molecule has 1 fully saturated rings. The first kappa shape index (κ1) is 23.6. The summed E-state index contributed by atoms with van der Waals surface area (Å²) < 4.78 is 5.34. The van der Waals surface area contributed by atoms with Crippen molar-refractivity contribution >= 4 is 73.5 Å². The zero-order chi connectivity index (χ0) is 23.7. The lowest BCUT2D eigenvalue weighted by Gasteiger charge is -2.28. The largest absolute Gasteiger partial charge is 0.378 e. The number of aryl methyl sites for hydroxylation is 3. The zero-order valence-corrected chi connectivity index (χ0v) is 20.8. The van der Waals surface area contributed by atoms with Crippen LogP contribution in [-0.2, 0) is 9.53 Å². The molecule has 2 N–H and O–H groups in total. The molecule has 7 nitrogen and oxygen atoms in total. The van der Waals surface area contributed by atoms with Crippen molar-refractivity contribution in [3.63, 3.8) is 0 Å². The molecule has 1 aliphatic rings. The molecule has 0 aliphatic carbocycles. The number of thiocarbonyl (C=S) groups is 1. The third kappa shape index (κ3) is 5.01. The monoisotopic (exact) mass is 502 g/mol. The highest BCUT2D eigenvalue weighted by Crippen LogP contribution is 2.38. The predicted molar refractivity (Wildman–Crippen MR) is 137 cm³/mol. The summed E-state index contributed by atoms with van der Waals surface area (Å²) in [6, 6.07) is 7.22. The molecule has 1 aromatic carbocycles. The van der Waals surface area contributed by atoms with E-state index in [2.05, 4.69) is 15.6 Å². The number of anilines is 2. The molecule has 1 aliphatic heterocycles. The Kier molecular flexibility index (Phi) is 6.94. The van der Waals surface area contributed by atoms with Gasteiger partial charge in [0.2, 0.25) is 0 Å². The molecule has 0 bridgehead atoms. The molecular formula is C23H23ClN4O3S2. The molecule has 33 heavy (non-hydrogen) atoms. The smallest absolute Gasteiger partial charge is 0.283 e. The molecule has 172 valence electrons. The van der Waals surface area contributed by atoms with Gasteiger partial charge in [0.05, 0.1) is 18.9 Å². The second-order valence-electron chi connectivity index (χ2n) is 7.84. The van der Waals surface area contributed by atoms with E-state index in [4.69, 9.17) is 28.6 Å². The van der Waals surface area contributed by atoms with Crippen LogP contribution in [-0.4, -0.2) is 53.0 Å². The fourth-order valence-electron chi connectivity index (χ4n) is 3.71. The highest BCUT2D eigenvalue weighted by molar-refractivity contribution is 7.82. The Hall–Kier alpha value is -2.59. The highest BCUT2D eigenvalue weighted by atomic mass is 35.5. The van der Waals surface area contributed by atoms with Crippen LogP contribution in [0, 0.1) is 20.8 Å². The first-order valence-corrected chi connectivity index (χ1v) is 12.0. The Morgan fingerprint density at radius 1 is 1.12 bits per heavy atom. The molecule has 1 saturated heterocycles. The van der Waals surface area contributed by atoms with E-state index in [1.54, 1.807) is 12.1 Å². The van der Waals surface area contributed by atoms with Crippen molar-refractivity contribution in [2.45, 2.75) is 20.8 Å². The maximum absolute atomic E-state index is 13.3. The quantitative estimate of drug-likeness (QED) is 0.504. The number of aromatic nitrogens is 1. The molecule has 0 atom stereocenters. The minimum Gasteiger partial charge on any atom is -0.378 e. The number of nitrogens with zero attached hydrogens (tertiary/aromatic N) is 2. The molecule has 4 rings (SSSR count). The minimum absolute atomic E-state index is 0.174. The fourth-order valence-corrected chi connectivity index (χ4v) is 5.26. The second kappa shape index (κ2) is 9.72. The molecule has 3 aromatic rings. The number of fused-ring (bicyclic) bond motifs is 1. The van der Waals surface area contributed by atoms with Gasteiger partial charge in [-0.25, -0.2) is 4.98 Å². The standard InChI is InChI=1S/C23H23ClN4O3S2/c1-12-4-5-15(24)11-16(12)26-20(29)19-18(17-13(2)10-14(3)25-22(17)33-19)27-21(30)23(32)28-6-8-31-9-7-28/h4-5,10-11H,6-9H2,1-3H3,(H,26,29)(H,27,30). The number of nitrogens with one attached hydrogen (secondary N) is 2. The fraction of sp³-hybridized carbons (Fsp3) is 0.304. The van der Waals surface area contributed by atoms with Crippen molar-refractivity contribution < 1.29 is 14.3 Å². The summed E-state index contributed by atoms with van der Waals surface area (Å²) in [7, 11) is 0. The lowest BCUT2D eigenvalue weighted by atomic mass is 10.1. The van der Waals surface area contributed by atoms with Gasteiger partial charge in [-0.2, -0.15) is 0 Å². The van der Waals surface area contributed by atoms with Crippen molar-refractivity contribution in [1.29, 1.82) is 0 Å². The van der Waals surface area contributed by atoms with Gasteiger partial charge in [0.25, 0.3) is 11.8 Å². The highest BCUT2D eigenvalue weighted by Gasteiger charge is 2.26. The van der Waals surface area contributed by atoms with Crippen LogP contribution in [0.5, 0.6) is 0 Å². The maximum Gasteiger partial charge on any atom is 0.283 e. The predicted octanol–water partition coefficient (Wildman–Crippen LogP) is 4.73. The molecule has 2 aromatic heterocycles. The number of pyridine rings is 1. The number of amides is 2. The van der Waals surface area contributed by atoms with Gasteiger partial charge < -0.3 is 20.3 Å². The number of ether oxygens (including phenoxy) is 1. The summed E-state index contributed by atoms with van der Waals surface area (Å²) in [5, 5.41) is 7.07. The van der Waals surface area contributed by atoms with E-state index in [0.29, 0.717) is 52.4 Å². The van der Waals surface area contributed by atoms with Crippen LogP contribution < -0.4 is 10.6 Å². The number of benzene rings is 1. The van der Waals surface area contributed by atoms with Gasteiger partial charge in [0, 0.05) is 34.9 Å². The average molecular weight is 503 g/mol. The van der Waals surface area contributed by atoms with Crippen LogP contribution in [0.4, 0.5) is 11.4 Å². The summed E-state index contributed by atoms with van der Waals surface area (Å²) in [6.07, 6.45) is 0. The van der Waals surface area contributed by atoms with Gasteiger partial charge >= 0.3 is 0 Å². The van der Waals surface area contributed by atoms with Crippen LogP contribution in [0.1, 0.15) is 26.5 Å². The summed E-state index contributed by atoms with van der Waals surface area (Å²) in [4.78, 5) is 34.0. The van der Waals surface area contributed by atoms with E-state index in [0.717, 1.165) is 22.2 Å². The number of hydrogen-bond donors (Lipinski definition) is 2. The van der Waals surface area contributed by atoms with E-state index in [-0.39, 0.29) is 10.9 Å². The van der Waals surface area contributed by atoms with Crippen LogP contribution >= 0.6 is 35.2 Å². The zero-order valence-electron chi connectivity index (χ0n) is 18.5. The van der Waals surface area contributed by atoms with Gasteiger partial charge in [0.15, 0.2) is 4.99 Å². The van der Waals surface area contributed by atoms with Gasteiger partial charge in [-0.05, 0) is 50.1 Å². The van der Waals surface area contributed by atoms with Crippen LogP contribution in [0.25, 0.3) is 10.2 Å². The SMILES string of the molecule is Cc1cc(C)c2c(NC(=O)C(=S)N3CCOCC3)c(C(=O)Nc3cc(Cl)ccc3C)sc2n1. The molecule has 0 radical (unpaired) electrons. The molecule has 0 spiro atoms. The molecule has 2 amide bonds. The minimum atomic E-state index is -0.431. The molecule has 0 unspecified atom stereocenters. The third-order valence-corrected chi connectivity index (χ3v) is 7.13. The number of halogens is 1. The molecule has 3 heterocycles. The lowest BCUT2D eigenvalue weighted by Crippen LogP contribution is -2.45. The Morgan fingerprint density at radius 3 is 2.58 bits per heavy atom. The van der Waals surface area contributed by atoms with E-state index in [9.17, 15) is 9.59 Å². The van der Waals surface area contributed by atoms with Crippen molar-refractivity contribution in [1.82, 2.24) is 9.88 Å². The van der Waals surface area contributed by atoms with E-state index in [1.807, 2.05) is 37.8 Å². The number of hydrogen-bond acceptors (Lipinski definition) is 6. The van der Waals surface area contributed by atoms with Gasteiger partial charge in [-0.1, -0.05) is 29.9 Å². The Bertz CT molecular complexity index is 1270. The normalized spacial score (nSPS) is 13.8. The first-order valence-electron chi connectivity index (χ1n) is 10.4. The van der Waals surface area contributed by atoms with Crippen molar-refractivity contribution in [2.75, 3.05) is 36.9 Å². The van der Waals surface area contributed by atoms with E-state index < -0.39 is 5.91 Å². The maximum atomic E-state index is 13.3. The molecular weight excluding hydrogens is 480 g/mol. The average Bonchev–Trinajstić information content (AvgIpc) is 3.14. The first-order chi connectivity index (χ1) is 15.7. The topological polar surface area (TPSA) is 83.6 Å². The number of rotatable bonds is 3. The number of thiophene rings is 1. The van der Waals surface area contributed by atoms with Crippen LogP contribution in [0.3, 0.4) is 0 Å². The van der Waals surface area contributed by atoms with Crippen molar-refractivity contribution in [3.8, 4) is 0 Å². The van der Waals surface area contributed by atoms with Gasteiger partial charge in [-0.3, -0.25) is 9.59 Å².